The van der Waals surface area contributed by atoms with Crippen LogP contribution in [0.3, 0.4) is 0 Å². The van der Waals surface area contributed by atoms with E-state index in [2.05, 4.69) is 0 Å². The molecule has 2 aliphatic rings. The highest BCUT2D eigenvalue weighted by atomic mass is 16.3. The lowest BCUT2D eigenvalue weighted by atomic mass is 9.81. The van der Waals surface area contributed by atoms with Gasteiger partial charge in [-0.15, -0.1) is 0 Å². The zero-order valence-electron chi connectivity index (χ0n) is 10.9. The molecule has 1 aromatic rings. The molecule has 2 atom stereocenters. The molecule has 1 heterocycles. The van der Waals surface area contributed by atoms with E-state index in [9.17, 15) is 14.7 Å². The molecule has 19 heavy (non-hydrogen) atoms. The first-order valence-electron chi connectivity index (χ1n) is 6.77. The number of amides is 2. The fourth-order valence-electron chi connectivity index (χ4n) is 3.29. The van der Waals surface area contributed by atoms with Crippen molar-refractivity contribution >= 4 is 17.5 Å². The number of nitrogens with zero attached hydrogens (tertiary/aromatic N) is 1. The number of fused-ring (bicyclic) bond motifs is 1. The Morgan fingerprint density at radius 2 is 1.68 bits per heavy atom. The van der Waals surface area contributed by atoms with E-state index in [0.717, 1.165) is 31.2 Å². The Bertz CT molecular complexity index is 528. The van der Waals surface area contributed by atoms with Crippen molar-refractivity contribution in [2.45, 2.75) is 32.6 Å². The molecule has 1 aliphatic heterocycles. The Morgan fingerprint density at radius 3 is 2.21 bits per heavy atom. The number of benzene rings is 1. The monoisotopic (exact) mass is 259 g/mol. The Kier molecular flexibility index (Phi) is 2.81. The minimum Gasteiger partial charge on any atom is -0.508 e. The van der Waals surface area contributed by atoms with Crippen LogP contribution in [0.2, 0.25) is 0 Å². The summed E-state index contributed by atoms with van der Waals surface area (Å²) in [6.07, 6.45) is 3.71. The van der Waals surface area contributed by atoms with Gasteiger partial charge < -0.3 is 5.11 Å². The molecule has 2 unspecified atom stereocenters. The van der Waals surface area contributed by atoms with Gasteiger partial charge in [0.1, 0.15) is 5.75 Å². The third-order valence-electron chi connectivity index (χ3n) is 4.26. The summed E-state index contributed by atoms with van der Waals surface area (Å²) in [6.45, 7) is 1.80. The summed E-state index contributed by atoms with van der Waals surface area (Å²) in [4.78, 5) is 26.2. The number of phenols is 1. The lowest BCUT2D eigenvalue weighted by Crippen LogP contribution is -2.31. The van der Waals surface area contributed by atoms with Crippen molar-refractivity contribution in [3.05, 3.63) is 23.8 Å². The number of imide groups is 1. The minimum atomic E-state index is -0.130. The maximum Gasteiger partial charge on any atom is 0.237 e. The standard InChI is InChI=1S/C15H17NO3/c1-9-8-10(17)6-7-13(9)16-14(18)11-4-2-3-5-12(11)15(16)19/h6-8,11-12,17H,2-5H2,1H3. The first-order valence-corrected chi connectivity index (χ1v) is 6.77. The molecule has 4 nitrogen and oxygen atoms in total. The lowest BCUT2D eigenvalue weighted by Gasteiger charge is -2.19. The van der Waals surface area contributed by atoms with Crippen molar-refractivity contribution < 1.29 is 14.7 Å². The summed E-state index contributed by atoms with van der Waals surface area (Å²) in [7, 11) is 0. The Balaban J connectivity index is 2.00. The zero-order chi connectivity index (χ0) is 13.6. The van der Waals surface area contributed by atoms with E-state index < -0.39 is 0 Å². The fourth-order valence-corrected chi connectivity index (χ4v) is 3.29. The van der Waals surface area contributed by atoms with Crippen LogP contribution in [0.5, 0.6) is 5.75 Å². The number of aryl methyl sites for hydroxylation is 1. The molecule has 0 radical (unpaired) electrons. The third kappa shape index (κ3) is 1.82. The summed E-state index contributed by atoms with van der Waals surface area (Å²) >= 11 is 0. The fraction of sp³-hybridized carbons (Fsp3) is 0.467. The largest absolute Gasteiger partial charge is 0.508 e. The van der Waals surface area contributed by atoms with E-state index in [4.69, 9.17) is 0 Å². The van der Waals surface area contributed by atoms with Crippen LogP contribution in [0.15, 0.2) is 18.2 Å². The molecule has 2 amide bonds. The van der Waals surface area contributed by atoms with Crippen molar-refractivity contribution in [3.63, 3.8) is 0 Å². The van der Waals surface area contributed by atoms with Crippen LogP contribution in [-0.4, -0.2) is 16.9 Å². The smallest absolute Gasteiger partial charge is 0.237 e. The molecule has 3 rings (SSSR count). The van der Waals surface area contributed by atoms with Gasteiger partial charge in [-0.2, -0.15) is 0 Å². The van der Waals surface area contributed by atoms with E-state index >= 15 is 0 Å². The van der Waals surface area contributed by atoms with Gasteiger partial charge in [-0.05, 0) is 43.5 Å². The molecule has 2 fully saturated rings. The van der Waals surface area contributed by atoms with Crippen molar-refractivity contribution in [1.29, 1.82) is 0 Å². The van der Waals surface area contributed by atoms with Crippen LogP contribution >= 0.6 is 0 Å². The van der Waals surface area contributed by atoms with Gasteiger partial charge >= 0.3 is 0 Å². The summed E-state index contributed by atoms with van der Waals surface area (Å²) in [5.74, 6) is -0.242. The summed E-state index contributed by atoms with van der Waals surface area (Å²) in [5, 5.41) is 9.43. The summed E-state index contributed by atoms with van der Waals surface area (Å²) in [5.41, 5.74) is 1.36. The molecule has 4 heteroatoms. The highest BCUT2D eigenvalue weighted by Crippen LogP contribution is 2.41. The molecule has 0 spiro atoms. The van der Waals surface area contributed by atoms with E-state index in [-0.39, 0.29) is 29.4 Å². The second-order valence-corrected chi connectivity index (χ2v) is 5.48. The van der Waals surface area contributed by atoms with Gasteiger partial charge in [-0.3, -0.25) is 9.59 Å². The van der Waals surface area contributed by atoms with E-state index in [1.807, 2.05) is 0 Å². The second kappa shape index (κ2) is 4.37. The van der Waals surface area contributed by atoms with Gasteiger partial charge in [0.05, 0.1) is 17.5 Å². The van der Waals surface area contributed by atoms with Crippen LogP contribution in [0, 0.1) is 18.8 Å². The maximum absolute atomic E-state index is 12.4. The molecule has 1 aliphatic carbocycles. The highest BCUT2D eigenvalue weighted by Gasteiger charge is 2.48. The molecular weight excluding hydrogens is 242 g/mol. The van der Waals surface area contributed by atoms with E-state index in [0.29, 0.717) is 5.69 Å². The predicted molar refractivity (Wildman–Crippen MR) is 70.8 cm³/mol. The molecule has 100 valence electrons. The molecule has 0 bridgehead atoms. The minimum absolute atomic E-state index is 0.0662. The summed E-state index contributed by atoms with van der Waals surface area (Å²) < 4.78 is 0. The topological polar surface area (TPSA) is 57.6 Å². The Morgan fingerprint density at radius 1 is 1.11 bits per heavy atom. The Hall–Kier alpha value is -1.84. The first-order chi connectivity index (χ1) is 9.09. The van der Waals surface area contributed by atoms with Crippen molar-refractivity contribution in [2.24, 2.45) is 11.8 Å². The van der Waals surface area contributed by atoms with E-state index in [1.165, 1.54) is 11.0 Å². The van der Waals surface area contributed by atoms with Crippen LogP contribution in [-0.2, 0) is 9.59 Å². The van der Waals surface area contributed by atoms with Gasteiger partial charge in [0, 0.05) is 0 Å². The number of hydrogen-bond donors (Lipinski definition) is 1. The molecule has 1 saturated heterocycles. The quantitative estimate of drug-likeness (QED) is 0.788. The molecule has 1 saturated carbocycles. The molecule has 1 aromatic carbocycles. The van der Waals surface area contributed by atoms with Crippen molar-refractivity contribution in [2.75, 3.05) is 4.90 Å². The predicted octanol–water partition coefficient (Wildman–Crippen LogP) is 2.38. The number of aromatic hydroxyl groups is 1. The van der Waals surface area contributed by atoms with Crippen molar-refractivity contribution in [1.82, 2.24) is 0 Å². The molecule has 1 N–H and O–H groups in total. The van der Waals surface area contributed by atoms with Crippen molar-refractivity contribution in [3.8, 4) is 5.75 Å². The van der Waals surface area contributed by atoms with Crippen LogP contribution in [0.25, 0.3) is 0 Å². The first kappa shape index (κ1) is 12.2. The SMILES string of the molecule is Cc1cc(O)ccc1N1C(=O)C2CCCCC2C1=O. The zero-order valence-corrected chi connectivity index (χ0v) is 10.9. The van der Waals surface area contributed by atoms with Gasteiger partial charge in [0.2, 0.25) is 11.8 Å². The normalized spacial score (nSPS) is 26.7. The number of hydrogen-bond acceptors (Lipinski definition) is 3. The van der Waals surface area contributed by atoms with Crippen LogP contribution in [0.4, 0.5) is 5.69 Å². The number of anilines is 1. The van der Waals surface area contributed by atoms with Gasteiger partial charge in [0.25, 0.3) is 0 Å². The molecule has 0 aromatic heterocycles. The van der Waals surface area contributed by atoms with E-state index in [1.54, 1.807) is 19.1 Å². The van der Waals surface area contributed by atoms with Crippen LogP contribution in [0.1, 0.15) is 31.2 Å². The highest BCUT2D eigenvalue weighted by molar-refractivity contribution is 6.22. The molecular formula is C15H17NO3. The number of carbonyl (C=O) groups excluding carboxylic acids is 2. The van der Waals surface area contributed by atoms with Gasteiger partial charge in [-0.25, -0.2) is 4.90 Å². The number of rotatable bonds is 1. The second-order valence-electron chi connectivity index (χ2n) is 5.48. The van der Waals surface area contributed by atoms with Gasteiger partial charge in [-0.1, -0.05) is 12.8 Å². The number of carbonyl (C=O) groups is 2. The van der Waals surface area contributed by atoms with Gasteiger partial charge in [0.15, 0.2) is 0 Å². The lowest BCUT2D eigenvalue weighted by molar-refractivity contribution is -0.122. The summed E-state index contributed by atoms with van der Waals surface area (Å²) in [6, 6.07) is 4.75. The average Bonchev–Trinajstić information content (AvgIpc) is 2.64. The maximum atomic E-state index is 12.4. The number of phenolic OH excluding ortho intramolecular Hbond substituents is 1. The van der Waals surface area contributed by atoms with Crippen LogP contribution < -0.4 is 4.90 Å². The third-order valence-corrected chi connectivity index (χ3v) is 4.26. The average molecular weight is 259 g/mol. The Labute approximate surface area is 112 Å².